The van der Waals surface area contributed by atoms with Gasteiger partial charge in [-0.1, -0.05) is 42.0 Å². The first-order valence-corrected chi connectivity index (χ1v) is 10.0. The van der Waals surface area contributed by atoms with E-state index in [0.717, 1.165) is 21.9 Å². The van der Waals surface area contributed by atoms with Crippen molar-refractivity contribution in [2.45, 2.75) is 26.6 Å². The Morgan fingerprint density at radius 3 is 2.63 bits per heavy atom. The van der Waals surface area contributed by atoms with Crippen LogP contribution in [0.15, 0.2) is 48.5 Å². The lowest BCUT2D eigenvalue weighted by Gasteiger charge is -2.22. The highest BCUT2D eigenvalue weighted by Gasteiger charge is 2.17. The van der Waals surface area contributed by atoms with E-state index in [1.165, 1.54) is 10.3 Å². The maximum atomic E-state index is 5.45. The third-order valence-corrected chi connectivity index (χ3v) is 6.22. The lowest BCUT2D eigenvalue weighted by Crippen LogP contribution is -2.26. The van der Waals surface area contributed by atoms with E-state index in [0.29, 0.717) is 11.4 Å². The van der Waals surface area contributed by atoms with Gasteiger partial charge in [0.2, 0.25) is 4.77 Å². The number of hydrogen-bond acceptors (Lipinski definition) is 5. The van der Waals surface area contributed by atoms with Crippen LogP contribution in [0.2, 0.25) is 0 Å². The van der Waals surface area contributed by atoms with Crippen molar-refractivity contribution in [3.05, 3.63) is 63.9 Å². The number of thiazole rings is 1. The van der Waals surface area contributed by atoms with Crippen molar-refractivity contribution in [1.82, 2.24) is 24.6 Å². The second kappa shape index (κ2) is 7.34. The summed E-state index contributed by atoms with van der Waals surface area (Å²) in [5.41, 5.74) is 3.31. The summed E-state index contributed by atoms with van der Waals surface area (Å²) < 4.78 is 3.66. The summed E-state index contributed by atoms with van der Waals surface area (Å²) in [5.74, 6) is 0.793. The molecule has 1 atom stereocenters. The zero-order valence-electron chi connectivity index (χ0n) is 15.5. The molecule has 0 aliphatic rings. The van der Waals surface area contributed by atoms with Gasteiger partial charge in [0.05, 0.1) is 22.9 Å². The number of benzene rings is 2. The summed E-state index contributed by atoms with van der Waals surface area (Å²) in [6, 6.07) is 16.7. The highest BCUT2D eigenvalue weighted by atomic mass is 32.1. The highest BCUT2D eigenvalue weighted by molar-refractivity contribution is 7.71. The maximum Gasteiger partial charge on any atom is 0.217 e. The van der Waals surface area contributed by atoms with Gasteiger partial charge in [0, 0.05) is 5.56 Å². The van der Waals surface area contributed by atoms with E-state index < -0.39 is 0 Å². The van der Waals surface area contributed by atoms with Gasteiger partial charge in [-0.05, 0) is 45.2 Å². The molecule has 0 unspecified atom stereocenters. The Balaban J connectivity index is 1.54. The van der Waals surface area contributed by atoms with Crippen molar-refractivity contribution in [3.8, 4) is 11.4 Å². The fourth-order valence-corrected chi connectivity index (χ4v) is 4.18. The lowest BCUT2D eigenvalue weighted by atomic mass is 10.1. The number of nitrogens with zero attached hydrogens (tertiary/aromatic N) is 4. The zero-order valence-corrected chi connectivity index (χ0v) is 17.1. The molecule has 7 heteroatoms. The first-order valence-electron chi connectivity index (χ1n) is 8.81. The number of aromatic nitrogens is 4. The molecule has 4 aromatic rings. The monoisotopic (exact) mass is 395 g/mol. The van der Waals surface area contributed by atoms with Gasteiger partial charge >= 0.3 is 0 Å². The number of H-pyrrole nitrogens is 1. The van der Waals surface area contributed by atoms with E-state index in [1.54, 1.807) is 11.3 Å². The van der Waals surface area contributed by atoms with Crippen molar-refractivity contribution in [2.75, 3.05) is 7.05 Å². The summed E-state index contributed by atoms with van der Waals surface area (Å²) in [6.45, 7) is 4.86. The number of nitrogens with one attached hydrogen (secondary N) is 1. The van der Waals surface area contributed by atoms with Gasteiger partial charge in [0.15, 0.2) is 5.82 Å². The van der Waals surface area contributed by atoms with E-state index in [1.807, 2.05) is 10.7 Å². The second-order valence-electron chi connectivity index (χ2n) is 6.74. The van der Waals surface area contributed by atoms with Crippen LogP contribution < -0.4 is 0 Å². The molecular weight excluding hydrogens is 374 g/mol. The molecule has 0 amide bonds. The smallest absolute Gasteiger partial charge is 0.217 e. The number of fused-ring (bicyclic) bond motifs is 1. The minimum Gasteiger partial charge on any atom is -0.278 e. The van der Waals surface area contributed by atoms with E-state index in [-0.39, 0.29) is 6.04 Å². The van der Waals surface area contributed by atoms with Crippen LogP contribution in [0.4, 0.5) is 0 Å². The third kappa shape index (κ3) is 3.71. The molecule has 4 rings (SSSR count). The zero-order chi connectivity index (χ0) is 19.0. The van der Waals surface area contributed by atoms with Crippen LogP contribution in [0.5, 0.6) is 0 Å². The van der Waals surface area contributed by atoms with Crippen LogP contribution in [0.3, 0.4) is 0 Å². The molecule has 0 radical (unpaired) electrons. The number of aryl methyl sites for hydroxylation is 1. The van der Waals surface area contributed by atoms with Gasteiger partial charge in [0.25, 0.3) is 0 Å². The second-order valence-corrected chi connectivity index (χ2v) is 8.17. The van der Waals surface area contributed by atoms with Crippen LogP contribution in [0.1, 0.15) is 23.5 Å². The first-order chi connectivity index (χ1) is 13.0. The van der Waals surface area contributed by atoms with Crippen molar-refractivity contribution in [2.24, 2.45) is 0 Å². The van der Waals surface area contributed by atoms with Crippen molar-refractivity contribution in [1.29, 1.82) is 0 Å². The average Bonchev–Trinajstić information content (AvgIpc) is 3.25. The Labute approximate surface area is 167 Å². The molecular formula is C20H21N5S2. The van der Waals surface area contributed by atoms with Gasteiger partial charge in [-0.3, -0.25) is 10.00 Å². The predicted molar refractivity (Wildman–Crippen MR) is 113 cm³/mol. The topological polar surface area (TPSA) is 49.7 Å². The van der Waals surface area contributed by atoms with Gasteiger partial charge in [-0.15, -0.1) is 11.3 Å². The van der Waals surface area contributed by atoms with Gasteiger partial charge in [-0.2, -0.15) is 4.98 Å². The molecule has 27 heavy (non-hydrogen) atoms. The standard InChI is InChI=1S/C20H21N5S2/c1-13-8-10-15(11-9-13)18-22-20(26)25(23-18)12-24(3)14(2)19-21-16-6-4-5-7-17(16)27-19/h4-11,14H,12H2,1-3H3,(H,22,23,26)/t14-/m1/s1. The van der Waals surface area contributed by atoms with E-state index in [2.05, 4.69) is 78.3 Å². The van der Waals surface area contributed by atoms with Crippen LogP contribution in [-0.4, -0.2) is 31.7 Å². The molecule has 2 aromatic heterocycles. The van der Waals surface area contributed by atoms with Gasteiger partial charge < -0.3 is 0 Å². The normalized spacial score (nSPS) is 12.7. The average molecular weight is 396 g/mol. The Bertz CT molecular complexity index is 1090. The molecule has 138 valence electrons. The molecule has 0 aliphatic carbocycles. The predicted octanol–water partition coefficient (Wildman–Crippen LogP) is 5.18. The summed E-state index contributed by atoms with van der Waals surface area (Å²) in [4.78, 5) is 11.5. The Morgan fingerprint density at radius 2 is 1.89 bits per heavy atom. The van der Waals surface area contributed by atoms with Crippen LogP contribution in [-0.2, 0) is 6.67 Å². The number of para-hydroxylation sites is 1. The van der Waals surface area contributed by atoms with Crippen LogP contribution >= 0.6 is 23.6 Å². The summed E-state index contributed by atoms with van der Waals surface area (Å²) in [5, 5.41) is 4.42. The quantitative estimate of drug-likeness (QED) is 0.473. The maximum absolute atomic E-state index is 5.45. The van der Waals surface area contributed by atoms with Crippen molar-refractivity contribution < 1.29 is 0 Å². The SMILES string of the molecule is Cc1ccc(-c2nc(=S)n(CN(C)[C@H](C)c3nc4ccccc4s3)[nH]2)cc1. The molecule has 5 nitrogen and oxygen atoms in total. The van der Waals surface area contributed by atoms with E-state index in [4.69, 9.17) is 17.2 Å². The molecule has 1 N–H and O–H groups in total. The van der Waals surface area contributed by atoms with Crippen LogP contribution in [0.25, 0.3) is 21.6 Å². The molecule has 0 saturated heterocycles. The fraction of sp³-hybridized carbons (Fsp3) is 0.250. The molecule has 0 aliphatic heterocycles. The Morgan fingerprint density at radius 1 is 1.15 bits per heavy atom. The van der Waals surface area contributed by atoms with Gasteiger partial charge in [-0.25, -0.2) is 9.67 Å². The van der Waals surface area contributed by atoms with E-state index >= 15 is 0 Å². The summed E-state index contributed by atoms with van der Waals surface area (Å²) in [7, 11) is 2.07. The summed E-state index contributed by atoms with van der Waals surface area (Å²) >= 11 is 7.19. The van der Waals surface area contributed by atoms with Crippen molar-refractivity contribution in [3.63, 3.8) is 0 Å². The minimum absolute atomic E-state index is 0.176. The Hall–Kier alpha value is -2.35. The van der Waals surface area contributed by atoms with Crippen molar-refractivity contribution >= 4 is 33.8 Å². The molecule has 2 heterocycles. The molecule has 2 aromatic carbocycles. The summed E-state index contributed by atoms with van der Waals surface area (Å²) in [6.07, 6.45) is 0. The fourth-order valence-electron chi connectivity index (χ4n) is 2.90. The molecule has 0 spiro atoms. The first kappa shape index (κ1) is 18.0. The number of aromatic amines is 1. The lowest BCUT2D eigenvalue weighted by molar-refractivity contribution is 0.195. The number of rotatable bonds is 5. The van der Waals surface area contributed by atoms with E-state index in [9.17, 15) is 0 Å². The highest BCUT2D eigenvalue weighted by Crippen LogP contribution is 2.29. The molecule has 0 fully saturated rings. The largest absolute Gasteiger partial charge is 0.278 e. The Kier molecular flexibility index (Phi) is 4.90. The van der Waals surface area contributed by atoms with Crippen LogP contribution in [0, 0.1) is 11.7 Å². The minimum atomic E-state index is 0.176. The molecule has 0 saturated carbocycles. The molecule has 0 bridgehead atoms. The number of hydrogen-bond donors (Lipinski definition) is 1. The van der Waals surface area contributed by atoms with Gasteiger partial charge in [0.1, 0.15) is 5.01 Å². The third-order valence-electron chi connectivity index (χ3n) is 4.70.